The second-order valence-corrected chi connectivity index (χ2v) is 4.33. The van der Waals surface area contributed by atoms with Crippen LogP contribution in [0.25, 0.3) is 0 Å². The molecule has 18 heavy (non-hydrogen) atoms. The number of hydrogen-bond donors (Lipinski definition) is 2. The van der Waals surface area contributed by atoms with Crippen molar-refractivity contribution in [2.24, 2.45) is 0 Å². The summed E-state index contributed by atoms with van der Waals surface area (Å²) < 4.78 is 0. The van der Waals surface area contributed by atoms with E-state index in [4.69, 9.17) is 0 Å². The SMILES string of the molecule is CCN(CC)c1ccc(NC(=O)NC(C)C)nc1. The van der Waals surface area contributed by atoms with Crippen molar-refractivity contribution in [3.05, 3.63) is 18.3 Å². The van der Waals surface area contributed by atoms with Crippen LogP contribution in [-0.2, 0) is 0 Å². The Bertz CT molecular complexity index is 371. The van der Waals surface area contributed by atoms with Crippen LogP contribution in [0.1, 0.15) is 27.7 Å². The van der Waals surface area contributed by atoms with Gasteiger partial charge in [-0.25, -0.2) is 9.78 Å². The van der Waals surface area contributed by atoms with E-state index in [2.05, 4.69) is 34.4 Å². The summed E-state index contributed by atoms with van der Waals surface area (Å²) in [5, 5.41) is 5.45. The molecular formula is C13H22N4O. The van der Waals surface area contributed by atoms with Crippen LogP contribution < -0.4 is 15.5 Å². The standard InChI is InChI=1S/C13H22N4O/c1-5-17(6-2)11-7-8-12(14-9-11)16-13(18)15-10(3)4/h7-10H,5-6H2,1-4H3,(H2,14,15,16,18). The highest BCUT2D eigenvalue weighted by atomic mass is 16.2. The highest BCUT2D eigenvalue weighted by Crippen LogP contribution is 2.14. The number of amides is 2. The van der Waals surface area contributed by atoms with E-state index >= 15 is 0 Å². The average molecular weight is 250 g/mol. The van der Waals surface area contributed by atoms with E-state index < -0.39 is 0 Å². The summed E-state index contributed by atoms with van der Waals surface area (Å²) in [5.74, 6) is 0.559. The fourth-order valence-corrected chi connectivity index (χ4v) is 1.65. The summed E-state index contributed by atoms with van der Waals surface area (Å²) in [6.07, 6.45) is 1.78. The first-order valence-corrected chi connectivity index (χ1v) is 6.35. The van der Waals surface area contributed by atoms with Crippen LogP contribution in [0.2, 0.25) is 0 Å². The Balaban J connectivity index is 2.62. The number of pyridine rings is 1. The maximum Gasteiger partial charge on any atom is 0.320 e. The van der Waals surface area contributed by atoms with Crippen molar-refractivity contribution in [2.75, 3.05) is 23.3 Å². The maximum atomic E-state index is 11.5. The van der Waals surface area contributed by atoms with E-state index in [9.17, 15) is 4.79 Å². The first-order valence-electron chi connectivity index (χ1n) is 6.35. The van der Waals surface area contributed by atoms with Crippen molar-refractivity contribution in [2.45, 2.75) is 33.7 Å². The number of hydrogen-bond acceptors (Lipinski definition) is 3. The molecule has 1 rings (SSSR count). The first kappa shape index (κ1) is 14.3. The van der Waals surface area contributed by atoms with Gasteiger partial charge >= 0.3 is 6.03 Å². The summed E-state index contributed by atoms with van der Waals surface area (Å²) in [7, 11) is 0. The van der Waals surface area contributed by atoms with Crippen molar-refractivity contribution in [1.29, 1.82) is 0 Å². The summed E-state index contributed by atoms with van der Waals surface area (Å²) >= 11 is 0. The van der Waals surface area contributed by atoms with Gasteiger partial charge in [0.1, 0.15) is 5.82 Å². The minimum absolute atomic E-state index is 0.111. The van der Waals surface area contributed by atoms with Crippen LogP contribution in [0.3, 0.4) is 0 Å². The second kappa shape index (κ2) is 6.83. The van der Waals surface area contributed by atoms with E-state index in [0.717, 1.165) is 18.8 Å². The molecule has 0 spiro atoms. The molecule has 0 radical (unpaired) electrons. The van der Waals surface area contributed by atoms with Crippen molar-refractivity contribution in [3.63, 3.8) is 0 Å². The van der Waals surface area contributed by atoms with Crippen molar-refractivity contribution in [1.82, 2.24) is 10.3 Å². The van der Waals surface area contributed by atoms with Crippen LogP contribution in [0.4, 0.5) is 16.3 Å². The number of nitrogens with one attached hydrogen (secondary N) is 2. The zero-order valence-corrected chi connectivity index (χ0v) is 11.5. The molecule has 0 saturated heterocycles. The normalized spacial score (nSPS) is 10.3. The van der Waals surface area contributed by atoms with E-state index in [-0.39, 0.29) is 12.1 Å². The second-order valence-electron chi connectivity index (χ2n) is 4.33. The Morgan fingerprint density at radius 3 is 2.44 bits per heavy atom. The van der Waals surface area contributed by atoms with Crippen LogP contribution in [0.5, 0.6) is 0 Å². The van der Waals surface area contributed by atoms with Gasteiger partial charge in [0.25, 0.3) is 0 Å². The van der Waals surface area contributed by atoms with E-state index in [1.165, 1.54) is 0 Å². The molecule has 2 N–H and O–H groups in total. The lowest BCUT2D eigenvalue weighted by Gasteiger charge is -2.20. The summed E-state index contributed by atoms with van der Waals surface area (Å²) in [6.45, 7) is 9.92. The summed E-state index contributed by atoms with van der Waals surface area (Å²) in [6, 6.07) is 3.66. The third-order valence-corrected chi connectivity index (χ3v) is 2.54. The molecule has 5 heteroatoms. The Morgan fingerprint density at radius 1 is 1.33 bits per heavy atom. The quantitative estimate of drug-likeness (QED) is 0.844. The lowest BCUT2D eigenvalue weighted by Crippen LogP contribution is -2.34. The number of carbonyl (C=O) groups excluding carboxylic acids is 1. The lowest BCUT2D eigenvalue weighted by molar-refractivity contribution is 0.250. The summed E-state index contributed by atoms with van der Waals surface area (Å²) in [4.78, 5) is 17.9. The van der Waals surface area contributed by atoms with Gasteiger partial charge in [0.05, 0.1) is 11.9 Å². The monoisotopic (exact) mass is 250 g/mol. The topological polar surface area (TPSA) is 57.3 Å². The molecule has 1 aromatic rings. The van der Waals surface area contributed by atoms with Crippen LogP contribution in [0.15, 0.2) is 18.3 Å². The molecule has 0 atom stereocenters. The molecular weight excluding hydrogens is 228 g/mol. The fourth-order valence-electron chi connectivity index (χ4n) is 1.65. The van der Waals surface area contributed by atoms with Gasteiger partial charge in [-0.2, -0.15) is 0 Å². The molecule has 1 aromatic heterocycles. The van der Waals surface area contributed by atoms with Crippen LogP contribution in [-0.4, -0.2) is 30.1 Å². The molecule has 0 fully saturated rings. The number of urea groups is 1. The number of carbonyl (C=O) groups is 1. The minimum Gasteiger partial charge on any atom is -0.371 e. The van der Waals surface area contributed by atoms with Gasteiger partial charge in [-0.05, 0) is 39.8 Å². The number of aromatic nitrogens is 1. The fraction of sp³-hybridized carbons (Fsp3) is 0.538. The first-order chi connectivity index (χ1) is 8.56. The summed E-state index contributed by atoms with van der Waals surface area (Å²) in [5.41, 5.74) is 1.06. The van der Waals surface area contributed by atoms with Gasteiger partial charge in [-0.1, -0.05) is 0 Å². The van der Waals surface area contributed by atoms with Crippen LogP contribution in [0, 0.1) is 0 Å². The molecule has 0 aliphatic heterocycles. The predicted molar refractivity (Wildman–Crippen MR) is 75.1 cm³/mol. The smallest absolute Gasteiger partial charge is 0.320 e. The lowest BCUT2D eigenvalue weighted by atomic mass is 10.3. The predicted octanol–water partition coefficient (Wildman–Crippen LogP) is 2.46. The minimum atomic E-state index is -0.229. The number of anilines is 2. The van der Waals surface area contributed by atoms with Gasteiger partial charge in [0.2, 0.25) is 0 Å². The number of rotatable bonds is 5. The maximum absolute atomic E-state index is 11.5. The average Bonchev–Trinajstić information content (AvgIpc) is 2.31. The molecule has 0 aliphatic carbocycles. The van der Waals surface area contributed by atoms with Crippen molar-refractivity contribution >= 4 is 17.5 Å². The van der Waals surface area contributed by atoms with E-state index in [1.807, 2.05) is 26.0 Å². The Kier molecular flexibility index (Phi) is 5.42. The number of nitrogens with zero attached hydrogens (tertiary/aromatic N) is 2. The largest absolute Gasteiger partial charge is 0.371 e. The van der Waals surface area contributed by atoms with E-state index in [0.29, 0.717) is 5.82 Å². The van der Waals surface area contributed by atoms with Crippen molar-refractivity contribution in [3.8, 4) is 0 Å². The Morgan fingerprint density at radius 2 is 2.00 bits per heavy atom. The molecule has 0 unspecified atom stereocenters. The van der Waals surface area contributed by atoms with E-state index in [1.54, 1.807) is 6.20 Å². The van der Waals surface area contributed by atoms with Crippen LogP contribution >= 0.6 is 0 Å². The van der Waals surface area contributed by atoms with Gasteiger partial charge in [0, 0.05) is 19.1 Å². The molecule has 100 valence electrons. The Labute approximate surface area is 109 Å². The molecule has 0 aliphatic rings. The zero-order chi connectivity index (χ0) is 13.5. The molecule has 0 bridgehead atoms. The third kappa shape index (κ3) is 4.24. The highest BCUT2D eigenvalue weighted by Gasteiger charge is 2.05. The molecule has 5 nitrogen and oxygen atoms in total. The van der Waals surface area contributed by atoms with Gasteiger partial charge in [-0.15, -0.1) is 0 Å². The van der Waals surface area contributed by atoms with Gasteiger partial charge in [-0.3, -0.25) is 5.32 Å². The van der Waals surface area contributed by atoms with Gasteiger partial charge in [0.15, 0.2) is 0 Å². The highest BCUT2D eigenvalue weighted by molar-refractivity contribution is 5.88. The molecule has 0 aromatic carbocycles. The van der Waals surface area contributed by atoms with Gasteiger partial charge < -0.3 is 10.2 Å². The van der Waals surface area contributed by atoms with Crippen molar-refractivity contribution < 1.29 is 4.79 Å². The molecule has 1 heterocycles. The zero-order valence-electron chi connectivity index (χ0n) is 11.5. The molecule has 0 saturated carbocycles. The Hall–Kier alpha value is -1.78. The third-order valence-electron chi connectivity index (χ3n) is 2.54. The molecule has 2 amide bonds.